The fourth-order valence-electron chi connectivity index (χ4n) is 3.46. The summed E-state index contributed by atoms with van der Waals surface area (Å²) in [6, 6.07) is 18.3. The second kappa shape index (κ2) is 7.59. The van der Waals surface area contributed by atoms with Gasteiger partial charge < -0.3 is 9.84 Å². The normalized spacial score (nSPS) is 18.1. The molecular weight excluding hydrogens is 368 g/mol. The molecule has 3 aromatic rings. The molecule has 1 aliphatic heterocycles. The van der Waals surface area contributed by atoms with Gasteiger partial charge in [0.25, 0.3) is 11.7 Å². The van der Waals surface area contributed by atoms with Crippen LogP contribution in [-0.4, -0.2) is 28.9 Å². The number of nitrogens with zero attached hydrogens (tertiary/aromatic N) is 2. The molecule has 6 heteroatoms. The Kier molecular flexibility index (Phi) is 4.83. The van der Waals surface area contributed by atoms with Crippen molar-refractivity contribution in [3.63, 3.8) is 0 Å². The van der Waals surface area contributed by atoms with Crippen molar-refractivity contribution in [1.82, 2.24) is 4.98 Å². The van der Waals surface area contributed by atoms with Crippen LogP contribution < -0.4 is 9.64 Å². The maximum atomic E-state index is 13.0. The minimum atomic E-state index is -0.809. The lowest BCUT2D eigenvalue weighted by Gasteiger charge is -2.25. The van der Waals surface area contributed by atoms with Gasteiger partial charge in [0.1, 0.15) is 11.5 Å². The first-order valence-electron chi connectivity index (χ1n) is 9.02. The predicted molar refractivity (Wildman–Crippen MR) is 108 cm³/mol. The van der Waals surface area contributed by atoms with Gasteiger partial charge in [0.2, 0.25) is 0 Å². The van der Waals surface area contributed by atoms with Gasteiger partial charge in [-0.15, -0.1) is 0 Å². The van der Waals surface area contributed by atoms with Crippen LogP contribution in [-0.2, 0) is 9.59 Å². The summed E-state index contributed by atoms with van der Waals surface area (Å²) in [5.41, 5.74) is 1.60. The number of Topliss-reactive ketones (excluding diaryl/α,β-unsaturated/α-hetero) is 1. The summed E-state index contributed by atoms with van der Waals surface area (Å²) in [7, 11) is 1.53. The molecule has 1 amide bonds. The predicted octanol–water partition coefficient (Wildman–Crippen LogP) is 3.72. The molecular formula is C23H18N2O4. The van der Waals surface area contributed by atoms with E-state index in [4.69, 9.17) is 4.74 Å². The topological polar surface area (TPSA) is 79.7 Å². The number of benzene rings is 2. The Morgan fingerprint density at radius 3 is 2.52 bits per heavy atom. The standard InChI is InChI=1S/C23H18N2O4/c1-29-18-11-5-10-17(13-18)25-20(16-9-6-12-24-14-16)19(22(27)23(25)28)21(26)15-7-3-2-4-8-15/h2-14,20,26H,1H3/b21-19+. The van der Waals surface area contributed by atoms with Crippen LogP contribution in [0.1, 0.15) is 17.2 Å². The SMILES string of the molecule is COc1cccc(N2C(=O)C(=O)/C(=C(/O)c3ccccc3)C2c2cccnc2)c1. The summed E-state index contributed by atoms with van der Waals surface area (Å²) in [5.74, 6) is -1.13. The van der Waals surface area contributed by atoms with Gasteiger partial charge in [0.15, 0.2) is 0 Å². The van der Waals surface area contributed by atoms with Gasteiger partial charge >= 0.3 is 0 Å². The van der Waals surface area contributed by atoms with E-state index in [-0.39, 0.29) is 11.3 Å². The molecule has 1 atom stereocenters. The highest BCUT2D eigenvalue weighted by molar-refractivity contribution is 6.51. The van der Waals surface area contributed by atoms with Crippen LogP contribution in [0.25, 0.3) is 5.76 Å². The number of hydrogen-bond donors (Lipinski definition) is 1. The molecule has 2 heterocycles. The van der Waals surface area contributed by atoms with Crippen molar-refractivity contribution in [1.29, 1.82) is 0 Å². The van der Waals surface area contributed by atoms with Crippen LogP contribution in [0.15, 0.2) is 84.7 Å². The molecule has 144 valence electrons. The summed E-state index contributed by atoms with van der Waals surface area (Å²) in [4.78, 5) is 31.5. The third kappa shape index (κ3) is 3.25. The highest BCUT2D eigenvalue weighted by atomic mass is 16.5. The first-order chi connectivity index (χ1) is 14.1. The van der Waals surface area contributed by atoms with Gasteiger partial charge in [-0.2, -0.15) is 0 Å². The largest absolute Gasteiger partial charge is 0.507 e. The lowest BCUT2D eigenvalue weighted by molar-refractivity contribution is -0.132. The molecule has 1 unspecified atom stereocenters. The Bertz CT molecular complexity index is 1090. The van der Waals surface area contributed by atoms with Gasteiger partial charge in [-0.25, -0.2) is 0 Å². The third-order valence-corrected chi connectivity index (χ3v) is 4.82. The number of amides is 1. The van der Waals surface area contributed by atoms with Crippen molar-refractivity contribution >= 4 is 23.1 Å². The zero-order chi connectivity index (χ0) is 20.4. The van der Waals surface area contributed by atoms with E-state index in [0.29, 0.717) is 22.6 Å². The summed E-state index contributed by atoms with van der Waals surface area (Å²) in [5, 5.41) is 10.9. The van der Waals surface area contributed by atoms with Gasteiger partial charge in [-0.1, -0.05) is 42.5 Å². The van der Waals surface area contributed by atoms with Crippen LogP contribution in [0.2, 0.25) is 0 Å². The molecule has 0 aliphatic carbocycles. The first-order valence-corrected chi connectivity index (χ1v) is 9.02. The summed E-state index contributed by atoms with van der Waals surface area (Å²) in [6.07, 6.45) is 3.19. The Morgan fingerprint density at radius 1 is 1.03 bits per heavy atom. The molecule has 1 saturated heterocycles. The molecule has 0 bridgehead atoms. The van der Waals surface area contributed by atoms with Crippen molar-refractivity contribution in [2.45, 2.75) is 6.04 Å². The number of pyridine rings is 1. The van der Waals surface area contributed by atoms with Crippen molar-refractivity contribution in [2.24, 2.45) is 0 Å². The lowest BCUT2D eigenvalue weighted by atomic mass is 9.96. The monoisotopic (exact) mass is 386 g/mol. The van der Waals surface area contributed by atoms with Gasteiger partial charge in [-0.3, -0.25) is 19.5 Å². The summed E-state index contributed by atoms with van der Waals surface area (Å²) in [6.45, 7) is 0. The van der Waals surface area contributed by atoms with Crippen LogP contribution >= 0.6 is 0 Å². The van der Waals surface area contributed by atoms with Crippen LogP contribution in [0.5, 0.6) is 5.75 Å². The zero-order valence-corrected chi connectivity index (χ0v) is 15.6. The Labute approximate surface area is 167 Å². The lowest BCUT2D eigenvalue weighted by Crippen LogP contribution is -2.29. The second-order valence-corrected chi connectivity index (χ2v) is 6.52. The van der Waals surface area contributed by atoms with E-state index in [1.165, 1.54) is 12.0 Å². The molecule has 6 nitrogen and oxygen atoms in total. The number of ether oxygens (including phenoxy) is 1. The van der Waals surface area contributed by atoms with E-state index in [2.05, 4.69) is 4.98 Å². The smallest absolute Gasteiger partial charge is 0.300 e. The molecule has 0 spiro atoms. The van der Waals surface area contributed by atoms with E-state index in [1.54, 1.807) is 73.1 Å². The average molecular weight is 386 g/mol. The molecule has 0 saturated carbocycles. The molecule has 1 fully saturated rings. The molecule has 4 rings (SSSR count). The second-order valence-electron chi connectivity index (χ2n) is 6.52. The molecule has 0 radical (unpaired) electrons. The molecule has 1 aromatic heterocycles. The average Bonchev–Trinajstić information content (AvgIpc) is 3.05. The van der Waals surface area contributed by atoms with E-state index >= 15 is 0 Å². The third-order valence-electron chi connectivity index (χ3n) is 4.82. The van der Waals surface area contributed by atoms with Crippen molar-refractivity contribution in [2.75, 3.05) is 12.0 Å². The number of aliphatic hydroxyl groups is 1. The van der Waals surface area contributed by atoms with E-state index in [1.807, 2.05) is 6.07 Å². The number of ketones is 1. The summed E-state index contributed by atoms with van der Waals surface area (Å²) < 4.78 is 5.26. The Balaban J connectivity index is 1.94. The molecule has 2 aromatic carbocycles. The van der Waals surface area contributed by atoms with Crippen LogP contribution in [0, 0.1) is 0 Å². The number of carbonyl (C=O) groups excluding carboxylic acids is 2. The highest BCUT2D eigenvalue weighted by Gasteiger charge is 2.47. The van der Waals surface area contributed by atoms with Crippen LogP contribution in [0.3, 0.4) is 0 Å². The number of aromatic nitrogens is 1. The molecule has 1 N–H and O–H groups in total. The minimum Gasteiger partial charge on any atom is -0.507 e. The maximum Gasteiger partial charge on any atom is 0.300 e. The summed E-state index contributed by atoms with van der Waals surface area (Å²) >= 11 is 0. The maximum absolute atomic E-state index is 13.0. The van der Waals surface area contributed by atoms with E-state index in [9.17, 15) is 14.7 Å². The Hall–Kier alpha value is -3.93. The van der Waals surface area contributed by atoms with E-state index in [0.717, 1.165) is 0 Å². The number of anilines is 1. The van der Waals surface area contributed by atoms with Gasteiger partial charge in [0.05, 0.1) is 18.7 Å². The van der Waals surface area contributed by atoms with Crippen LogP contribution in [0.4, 0.5) is 5.69 Å². The van der Waals surface area contributed by atoms with Crippen molar-refractivity contribution in [3.8, 4) is 5.75 Å². The first kappa shape index (κ1) is 18.4. The number of methoxy groups -OCH3 is 1. The minimum absolute atomic E-state index is 0.0250. The number of aliphatic hydroxyl groups excluding tert-OH is 1. The van der Waals surface area contributed by atoms with Crippen molar-refractivity contribution < 1.29 is 19.4 Å². The fraction of sp³-hybridized carbons (Fsp3) is 0.0870. The van der Waals surface area contributed by atoms with Gasteiger partial charge in [0, 0.05) is 29.7 Å². The number of carbonyl (C=O) groups is 2. The number of rotatable bonds is 4. The molecule has 29 heavy (non-hydrogen) atoms. The van der Waals surface area contributed by atoms with Crippen molar-refractivity contribution in [3.05, 3.63) is 95.8 Å². The quantitative estimate of drug-likeness (QED) is 0.420. The van der Waals surface area contributed by atoms with E-state index < -0.39 is 17.7 Å². The zero-order valence-electron chi connectivity index (χ0n) is 15.6. The fourth-order valence-corrected chi connectivity index (χ4v) is 3.46. The molecule has 1 aliphatic rings. The Morgan fingerprint density at radius 2 is 1.83 bits per heavy atom. The number of hydrogen-bond acceptors (Lipinski definition) is 5. The highest BCUT2D eigenvalue weighted by Crippen LogP contribution is 2.42. The van der Waals surface area contributed by atoms with Gasteiger partial charge in [-0.05, 0) is 23.8 Å².